The third-order valence-electron chi connectivity index (χ3n) is 1.83. The standard InChI is InChI=1S/C12H24.Al.3H/c1-6-7-12(8-10(2)3)9-11(4)5;;;;/h7,10-11H,6,8-9H2,1-5H3;;;;. The lowest BCUT2D eigenvalue weighted by molar-refractivity contribution is 0.569. The summed E-state index contributed by atoms with van der Waals surface area (Å²) >= 11 is 0. The van der Waals surface area contributed by atoms with E-state index in [1.807, 2.05) is 0 Å². The maximum absolute atomic E-state index is 2.40. The molecule has 0 aromatic rings. The van der Waals surface area contributed by atoms with Crippen molar-refractivity contribution in [2.75, 3.05) is 0 Å². The van der Waals surface area contributed by atoms with Gasteiger partial charge >= 0.3 is 0 Å². The lowest BCUT2D eigenvalue weighted by atomic mass is 9.94. The zero-order chi connectivity index (χ0) is 9.56. The average molecular weight is 198 g/mol. The molecule has 0 aliphatic rings. The minimum absolute atomic E-state index is 0. The van der Waals surface area contributed by atoms with Gasteiger partial charge in [-0.25, -0.2) is 0 Å². The fraction of sp³-hybridized carbons (Fsp3) is 0.833. The molecule has 0 aliphatic carbocycles. The Kier molecular flexibility index (Phi) is 10.7. The van der Waals surface area contributed by atoms with Crippen LogP contribution in [0.15, 0.2) is 11.6 Å². The maximum Gasteiger partial charge on any atom is 0.187 e. The van der Waals surface area contributed by atoms with Crippen molar-refractivity contribution in [3.05, 3.63) is 11.6 Å². The van der Waals surface area contributed by atoms with Gasteiger partial charge in [-0.1, -0.05) is 46.3 Å². The SMILES string of the molecule is CCC=C(CC(C)C)CC(C)C.[AlH3]. The van der Waals surface area contributed by atoms with Crippen molar-refractivity contribution >= 4 is 17.4 Å². The molecule has 0 rings (SSSR count). The molecular formula is C12H27Al. The van der Waals surface area contributed by atoms with Crippen molar-refractivity contribution < 1.29 is 0 Å². The third kappa shape index (κ3) is 10.2. The van der Waals surface area contributed by atoms with E-state index < -0.39 is 0 Å². The predicted octanol–water partition coefficient (Wildman–Crippen LogP) is 3.23. The Morgan fingerprint density at radius 2 is 1.38 bits per heavy atom. The molecule has 0 bridgehead atoms. The van der Waals surface area contributed by atoms with E-state index in [1.165, 1.54) is 19.3 Å². The molecule has 0 aromatic heterocycles. The Bertz CT molecular complexity index is 122. The summed E-state index contributed by atoms with van der Waals surface area (Å²) in [5, 5.41) is 0. The van der Waals surface area contributed by atoms with Gasteiger partial charge in [0.25, 0.3) is 0 Å². The average Bonchev–Trinajstić information content (AvgIpc) is 1.84. The Labute approximate surface area is 94.9 Å². The van der Waals surface area contributed by atoms with Crippen LogP contribution in [0.25, 0.3) is 0 Å². The minimum atomic E-state index is 0. The Balaban J connectivity index is 0. The summed E-state index contributed by atoms with van der Waals surface area (Å²) < 4.78 is 0. The van der Waals surface area contributed by atoms with E-state index in [1.54, 1.807) is 5.57 Å². The van der Waals surface area contributed by atoms with Crippen molar-refractivity contribution in [1.29, 1.82) is 0 Å². The summed E-state index contributed by atoms with van der Waals surface area (Å²) in [6, 6.07) is 0. The van der Waals surface area contributed by atoms with Crippen LogP contribution in [0.3, 0.4) is 0 Å². The molecular weight excluding hydrogens is 171 g/mol. The maximum atomic E-state index is 2.40. The van der Waals surface area contributed by atoms with Gasteiger partial charge in [0, 0.05) is 0 Å². The molecule has 0 nitrogen and oxygen atoms in total. The van der Waals surface area contributed by atoms with Gasteiger partial charge in [0.05, 0.1) is 0 Å². The molecule has 0 atom stereocenters. The van der Waals surface area contributed by atoms with Crippen LogP contribution in [0, 0.1) is 11.8 Å². The zero-order valence-corrected chi connectivity index (χ0v) is 9.35. The van der Waals surface area contributed by atoms with Crippen molar-refractivity contribution in [2.24, 2.45) is 11.8 Å². The van der Waals surface area contributed by atoms with E-state index in [2.05, 4.69) is 40.7 Å². The van der Waals surface area contributed by atoms with Gasteiger partial charge in [-0.15, -0.1) is 0 Å². The fourth-order valence-corrected chi connectivity index (χ4v) is 1.59. The second kappa shape index (κ2) is 8.85. The lowest BCUT2D eigenvalue weighted by Crippen LogP contribution is -1.96. The van der Waals surface area contributed by atoms with Crippen molar-refractivity contribution in [3.8, 4) is 0 Å². The molecule has 0 aliphatic heterocycles. The van der Waals surface area contributed by atoms with Crippen molar-refractivity contribution in [2.45, 2.75) is 53.9 Å². The molecule has 0 unspecified atom stereocenters. The van der Waals surface area contributed by atoms with Gasteiger partial charge < -0.3 is 0 Å². The fourth-order valence-electron chi connectivity index (χ4n) is 1.59. The Hall–Kier alpha value is 0.272. The molecule has 78 valence electrons. The summed E-state index contributed by atoms with van der Waals surface area (Å²) in [4.78, 5) is 0. The Morgan fingerprint density at radius 1 is 1.00 bits per heavy atom. The van der Waals surface area contributed by atoms with Crippen LogP contribution in [0.5, 0.6) is 0 Å². The highest BCUT2D eigenvalue weighted by atomic mass is 27.0. The normalized spacial score (nSPS) is 10.1. The summed E-state index contributed by atoms with van der Waals surface area (Å²) in [7, 11) is 0. The molecule has 0 N–H and O–H groups in total. The highest BCUT2D eigenvalue weighted by molar-refractivity contribution is 5.75. The van der Waals surface area contributed by atoms with Gasteiger partial charge in [-0.2, -0.15) is 0 Å². The monoisotopic (exact) mass is 198 g/mol. The predicted molar refractivity (Wildman–Crippen MR) is 67.2 cm³/mol. The summed E-state index contributed by atoms with van der Waals surface area (Å²) in [5.41, 5.74) is 1.66. The summed E-state index contributed by atoms with van der Waals surface area (Å²) in [6.07, 6.45) is 6.16. The first-order chi connectivity index (χ1) is 5.56. The van der Waals surface area contributed by atoms with Crippen LogP contribution >= 0.6 is 0 Å². The van der Waals surface area contributed by atoms with Crippen LogP contribution < -0.4 is 0 Å². The lowest BCUT2D eigenvalue weighted by Gasteiger charge is -2.12. The van der Waals surface area contributed by atoms with Gasteiger partial charge in [0.2, 0.25) is 0 Å². The molecule has 0 spiro atoms. The van der Waals surface area contributed by atoms with Gasteiger partial charge in [-0.3, -0.25) is 0 Å². The molecule has 0 aromatic carbocycles. The summed E-state index contributed by atoms with van der Waals surface area (Å²) in [5.74, 6) is 1.61. The molecule has 0 amide bonds. The van der Waals surface area contributed by atoms with Crippen molar-refractivity contribution in [3.63, 3.8) is 0 Å². The molecule has 0 radical (unpaired) electrons. The first-order valence-corrected chi connectivity index (χ1v) is 5.24. The van der Waals surface area contributed by atoms with Gasteiger partial charge in [0.15, 0.2) is 17.4 Å². The van der Waals surface area contributed by atoms with Gasteiger partial charge in [-0.05, 0) is 31.1 Å². The highest BCUT2D eigenvalue weighted by Crippen LogP contribution is 2.19. The quantitative estimate of drug-likeness (QED) is 0.470. The van der Waals surface area contributed by atoms with Crippen LogP contribution in [-0.2, 0) is 0 Å². The van der Waals surface area contributed by atoms with E-state index in [0.29, 0.717) is 0 Å². The molecule has 0 heterocycles. The van der Waals surface area contributed by atoms with Crippen LogP contribution in [0.1, 0.15) is 53.9 Å². The minimum Gasteiger partial charge on any atom is -0.0856 e. The largest absolute Gasteiger partial charge is 0.187 e. The summed E-state index contributed by atoms with van der Waals surface area (Å²) in [6.45, 7) is 11.4. The second-order valence-electron chi connectivity index (χ2n) is 4.47. The van der Waals surface area contributed by atoms with Crippen LogP contribution in [-0.4, -0.2) is 17.4 Å². The first kappa shape index (κ1) is 15.7. The first-order valence-electron chi connectivity index (χ1n) is 5.24. The van der Waals surface area contributed by atoms with E-state index in [-0.39, 0.29) is 17.4 Å². The number of allylic oxidation sites excluding steroid dienone is 2. The Morgan fingerprint density at radius 3 is 1.62 bits per heavy atom. The molecule has 0 fully saturated rings. The zero-order valence-electron chi connectivity index (χ0n) is 9.35. The van der Waals surface area contributed by atoms with Crippen LogP contribution in [0.4, 0.5) is 0 Å². The number of hydrogen-bond acceptors (Lipinski definition) is 0. The van der Waals surface area contributed by atoms with E-state index in [4.69, 9.17) is 0 Å². The molecule has 0 saturated heterocycles. The third-order valence-corrected chi connectivity index (χ3v) is 1.83. The molecule has 0 saturated carbocycles. The number of rotatable bonds is 5. The second-order valence-corrected chi connectivity index (χ2v) is 4.47. The van der Waals surface area contributed by atoms with E-state index >= 15 is 0 Å². The smallest absolute Gasteiger partial charge is 0.0856 e. The highest BCUT2D eigenvalue weighted by Gasteiger charge is 2.03. The van der Waals surface area contributed by atoms with Crippen LogP contribution in [0.2, 0.25) is 0 Å². The van der Waals surface area contributed by atoms with E-state index in [9.17, 15) is 0 Å². The molecule has 13 heavy (non-hydrogen) atoms. The number of hydrogen-bond donors (Lipinski definition) is 0. The van der Waals surface area contributed by atoms with E-state index in [0.717, 1.165) is 11.8 Å². The van der Waals surface area contributed by atoms with Crippen molar-refractivity contribution in [1.82, 2.24) is 0 Å². The topological polar surface area (TPSA) is 0 Å². The van der Waals surface area contributed by atoms with Gasteiger partial charge in [0.1, 0.15) is 0 Å². The molecule has 1 heteroatoms.